The lowest BCUT2D eigenvalue weighted by atomic mass is 10.1. The van der Waals surface area contributed by atoms with Gasteiger partial charge in [0.15, 0.2) is 0 Å². The average Bonchev–Trinajstić information content (AvgIpc) is 2.98. The van der Waals surface area contributed by atoms with E-state index in [1.807, 2.05) is 13.8 Å². The molecule has 1 saturated heterocycles. The zero-order valence-electron chi connectivity index (χ0n) is 14.3. The minimum Gasteiger partial charge on any atom is -0.465 e. The van der Waals surface area contributed by atoms with Gasteiger partial charge in [-0.05, 0) is 52.5 Å². The van der Waals surface area contributed by atoms with E-state index in [9.17, 15) is 14.4 Å². The monoisotopic (exact) mass is 364 g/mol. The fraction of sp³-hybridized carbons (Fsp3) is 0.800. The van der Waals surface area contributed by atoms with Crippen LogP contribution in [0.2, 0.25) is 0 Å². The van der Waals surface area contributed by atoms with Crippen LogP contribution in [0, 0.1) is 0 Å². The zero-order chi connectivity index (χ0) is 17.2. The van der Waals surface area contributed by atoms with Crippen LogP contribution in [-0.2, 0) is 9.59 Å². The molecule has 0 aromatic rings. The van der Waals surface area contributed by atoms with Crippen LogP contribution >= 0.6 is 12.4 Å². The van der Waals surface area contributed by atoms with Crippen LogP contribution in [-0.4, -0.2) is 54.2 Å². The first-order chi connectivity index (χ1) is 10.9. The van der Waals surface area contributed by atoms with Gasteiger partial charge in [0.05, 0.1) is 6.04 Å². The largest absolute Gasteiger partial charge is 0.465 e. The Morgan fingerprint density at radius 2 is 1.92 bits per heavy atom. The van der Waals surface area contributed by atoms with E-state index in [1.165, 1.54) is 0 Å². The number of halogens is 1. The summed E-state index contributed by atoms with van der Waals surface area (Å²) in [7, 11) is 0. The second kappa shape index (κ2) is 11.9. The van der Waals surface area contributed by atoms with Crippen molar-refractivity contribution in [2.24, 2.45) is 0 Å². The number of rotatable bonds is 9. The van der Waals surface area contributed by atoms with Crippen LogP contribution in [0.25, 0.3) is 0 Å². The minimum atomic E-state index is -1.06. The molecule has 8 nitrogen and oxygen atoms in total. The van der Waals surface area contributed by atoms with Gasteiger partial charge in [-0.1, -0.05) is 0 Å². The van der Waals surface area contributed by atoms with Crippen molar-refractivity contribution in [1.29, 1.82) is 0 Å². The van der Waals surface area contributed by atoms with E-state index in [1.54, 1.807) is 0 Å². The smallest absolute Gasteiger partial charge is 0.404 e. The Hall–Kier alpha value is -1.54. The Kier molecular flexibility index (Phi) is 11.1. The van der Waals surface area contributed by atoms with Crippen molar-refractivity contribution in [1.82, 2.24) is 21.3 Å². The first-order valence-corrected chi connectivity index (χ1v) is 8.21. The topological polar surface area (TPSA) is 120 Å². The zero-order valence-corrected chi connectivity index (χ0v) is 15.1. The molecule has 1 fully saturated rings. The molecule has 0 radical (unpaired) electrons. The summed E-state index contributed by atoms with van der Waals surface area (Å²) in [4.78, 5) is 34.8. The number of carbonyl (C=O) groups is 3. The van der Waals surface area contributed by atoms with Crippen LogP contribution in [0.15, 0.2) is 0 Å². The molecule has 5 N–H and O–H groups in total. The Labute approximate surface area is 148 Å². The first-order valence-electron chi connectivity index (χ1n) is 8.21. The molecule has 0 aliphatic carbocycles. The summed E-state index contributed by atoms with van der Waals surface area (Å²) in [6, 6.07) is -0.810. The van der Waals surface area contributed by atoms with E-state index < -0.39 is 12.1 Å². The average molecular weight is 365 g/mol. The molecule has 1 aliphatic heterocycles. The fourth-order valence-corrected chi connectivity index (χ4v) is 2.50. The fourth-order valence-electron chi connectivity index (χ4n) is 2.50. The van der Waals surface area contributed by atoms with Crippen molar-refractivity contribution in [3.05, 3.63) is 0 Å². The highest BCUT2D eigenvalue weighted by molar-refractivity contribution is 5.90. The summed E-state index contributed by atoms with van der Waals surface area (Å²) < 4.78 is 0. The molecule has 0 bridgehead atoms. The predicted octanol–water partition coefficient (Wildman–Crippen LogP) is 0.608. The lowest BCUT2D eigenvalue weighted by Gasteiger charge is -2.21. The van der Waals surface area contributed by atoms with Gasteiger partial charge in [0, 0.05) is 12.6 Å². The Morgan fingerprint density at radius 1 is 1.21 bits per heavy atom. The molecule has 0 aromatic heterocycles. The second-order valence-corrected chi connectivity index (χ2v) is 6.10. The van der Waals surface area contributed by atoms with Crippen molar-refractivity contribution in [2.45, 2.75) is 64.1 Å². The summed E-state index contributed by atoms with van der Waals surface area (Å²) >= 11 is 0. The number of carboxylic acid groups (broad SMARTS) is 1. The molecule has 1 aliphatic rings. The Balaban J connectivity index is 0.00000529. The molecule has 9 heteroatoms. The lowest BCUT2D eigenvalue weighted by molar-refractivity contribution is -0.130. The highest BCUT2D eigenvalue weighted by Gasteiger charge is 2.27. The third kappa shape index (κ3) is 8.93. The van der Waals surface area contributed by atoms with Gasteiger partial charge in [-0.2, -0.15) is 0 Å². The van der Waals surface area contributed by atoms with Gasteiger partial charge < -0.3 is 26.4 Å². The molecule has 24 heavy (non-hydrogen) atoms. The number of unbranched alkanes of at least 4 members (excludes halogenated alkanes) is 1. The number of carbonyl (C=O) groups excluding carboxylic acids is 2. The van der Waals surface area contributed by atoms with Crippen molar-refractivity contribution >= 4 is 30.3 Å². The van der Waals surface area contributed by atoms with Gasteiger partial charge in [-0.25, -0.2) is 4.79 Å². The Morgan fingerprint density at radius 3 is 2.46 bits per heavy atom. The predicted molar refractivity (Wildman–Crippen MR) is 93.4 cm³/mol. The number of nitrogens with one attached hydrogen (secondary N) is 4. The maximum atomic E-state index is 12.2. The molecule has 0 spiro atoms. The van der Waals surface area contributed by atoms with Gasteiger partial charge in [0.1, 0.15) is 6.04 Å². The van der Waals surface area contributed by atoms with Crippen LogP contribution in [0.5, 0.6) is 0 Å². The number of hydrogen-bond donors (Lipinski definition) is 5. The summed E-state index contributed by atoms with van der Waals surface area (Å²) in [5, 5.41) is 19.5. The first kappa shape index (κ1) is 22.5. The van der Waals surface area contributed by atoms with E-state index in [0.29, 0.717) is 25.8 Å². The lowest BCUT2D eigenvalue weighted by Crippen LogP contribution is -2.52. The molecule has 0 aromatic carbocycles. The summed E-state index contributed by atoms with van der Waals surface area (Å²) in [5.74, 6) is -0.340. The summed E-state index contributed by atoms with van der Waals surface area (Å²) in [5.41, 5.74) is 0. The molecule has 2 atom stereocenters. The molecular formula is C15H29ClN4O4. The molecular weight excluding hydrogens is 336 g/mol. The maximum Gasteiger partial charge on any atom is 0.404 e. The molecule has 1 heterocycles. The molecule has 0 saturated carbocycles. The number of hydrogen-bond acceptors (Lipinski definition) is 4. The van der Waals surface area contributed by atoms with Crippen molar-refractivity contribution in [3.63, 3.8) is 0 Å². The quantitative estimate of drug-likeness (QED) is 0.384. The summed E-state index contributed by atoms with van der Waals surface area (Å²) in [6.07, 6.45) is 2.44. The van der Waals surface area contributed by atoms with E-state index in [4.69, 9.17) is 5.11 Å². The highest BCUT2D eigenvalue weighted by atomic mass is 35.5. The SMILES string of the molecule is CC(C)NC(=O)C(CCCCNC(=O)O)NC(=O)[C@@H]1CCCN1.Cl. The second-order valence-electron chi connectivity index (χ2n) is 6.10. The third-order valence-corrected chi connectivity index (χ3v) is 3.64. The van der Waals surface area contributed by atoms with Gasteiger partial charge in [-0.15, -0.1) is 12.4 Å². The van der Waals surface area contributed by atoms with E-state index in [-0.39, 0.29) is 36.3 Å². The van der Waals surface area contributed by atoms with Crippen LogP contribution in [0.3, 0.4) is 0 Å². The molecule has 1 rings (SSSR count). The Bertz CT molecular complexity index is 414. The van der Waals surface area contributed by atoms with Gasteiger partial charge in [0.25, 0.3) is 0 Å². The normalized spacial score (nSPS) is 17.7. The molecule has 3 amide bonds. The van der Waals surface area contributed by atoms with Crippen LogP contribution in [0.1, 0.15) is 46.0 Å². The van der Waals surface area contributed by atoms with E-state index in [0.717, 1.165) is 19.4 Å². The van der Waals surface area contributed by atoms with Crippen molar-refractivity contribution < 1.29 is 19.5 Å². The van der Waals surface area contributed by atoms with Gasteiger partial charge in [-0.3, -0.25) is 9.59 Å². The molecule has 140 valence electrons. The van der Waals surface area contributed by atoms with Crippen LogP contribution < -0.4 is 21.3 Å². The van der Waals surface area contributed by atoms with E-state index >= 15 is 0 Å². The standard InChI is InChI=1S/C15H28N4O4.ClH/c1-10(2)18-14(21)12(6-3-4-8-17-15(22)23)19-13(20)11-7-5-9-16-11;/h10-12,16-17H,3-9H2,1-2H3,(H,18,21)(H,19,20)(H,22,23);1H/t11-,12?;/m0./s1. The maximum absolute atomic E-state index is 12.2. The molecule has 1 unspecified atom stereocenters. The van der Waals surface area contributed by atoms with Gasteiger partial charge in [0.2, 0.25) is 11.8 Å². The third-order valence-electron chi connectivity index (χ3n) is 3.64. The van der Waals surface area contributed by atoms with E-state index in [2.05, 4.69) is 21.3 Å². The van der Waals surface area contributed by atoms with Crippen molar-refractivity contribution in [3.8, 4) is 0 Å². The summed E-state index contributed by atoms with van der Waals surface area (Å²) in [6.45, 7) is 4.89. The van der Waals surface area contributed by atoms with Crippen LogP contribution in [0.4, 0.5) is 4.79 Å². The van der Waals surface area contributed by atoms with Gasteiger partial charge >= 0.3 is 6.09 Å². The van der Waals surface area contributed by atoms with Crippen molar-refractivity contribution in [2.75, 3.05) is 13.1 Å². The highest BCUT2D eigenvalue weighted by Crippen LogP contribution is 2.07. The minimum absolute atomic E-state index is 0. The number of amides is 3.